The third-order valence-corrected chi connectivity index (χ3v) is 6.68. The van der Waals surface area contributed by atoms with Gasteiger partial charge in [0.1, 0.15) is 11.8 Å². The van der Waals surface area contributed by atoms with Crippen molar-refractivity contribution in [2.45, 2.75) is 38.9 Å². The molecule has 1 fully saturated rings. The number of hydrogen-bond donors (Lipinski definition) is 1. The van der Waals surface area contributed by atoms with E-state index in [0.29, 0.717) is 42.9 Å². The summed E-state index contributed by atoms with van der Waals surface area (Å²) in [5.41, 5.74) is 3.44. The van der Waals surface area contributed by atoms with E-state index < -0.39 is 6.04 Å². The van der Waals surface area contributed by atoms with Crippen LogP contribution < -0.4 is 15.0 Å². The van der Waals surface area contributed by atoms with Crippen molar-refractivity contribution in [1.82, 2.24) is 10.2 Å². The van der Waals surface area contributed by atoms with Gasteiger partial charge in [0.2, 0.25) is 5.91 Å². The number of carbonyl (C=O) groups excluding carboxylic acids is 3. The lowest BCUT2D eigenvalue weighted by molar-refractivity contribution is -0.122. The molecule has 0 aromatic heterocycles. The van der Waals surface area contributed by atoms with Crippen LogP contribution in [0.25, 0.3) is 0 Å². The van der Waals surface area contributed by atoms with Crippen LogP contribution in [0.2, 0.25) is 0 Å². The van der Waals surface area contributed by atoms with Crippen molar-refractivity contribution < 1.29 is 19.1 Å². The molecule has 2 aliphatic heterocycles. The number of fused-ring (bicyclic) bond motifs is 2. The molecule has 1 saturated heterocycles. The lowest BCUT2D eigenvalue weighted by Gasteiger charge is -2.26. The van der Waals surface area contributed by atoms with E-state index in [9.17, 15) is 14.4 Å². The van der Waals surface area contributed by atoms with Crippen LogP contribution in [0.15, 0.2) is 72.8 Å². The Morgan fingerprint density at radius 1 is 1.00 bits per heavy atom. The SMILES string of the molecule is CCOc1cccc(CNC(=O)c2cccc(CN3C(=O)C4CCCN4C(=O)c4ccccc43)c2)c1. The number of para-hydroxylation sites is 1. The van der Waals surface area contributed by atoms with Crippen LogP contribution in [0.4, 0.5) is 5.69 Å². The average molecular weight is 484 g/mol. The highest BCUT2D eigenvalue weighted by Gasteiger charge is 2.41. The summed E-state index contributed by atoms with van der Waals surface area (Å²) in [5, 5.41) is 2.96. The second-order valence-corrected chi connectivity index (χ2v) is 9.06. The monoisotopic (exact) mass is 483 g/mol. The molecule has 7 nitrogen and oxygen atoms in total. The Kier molecular flexibility index (Phi) is 6.71. The van der Waals surface area contributed by atoms with Crippen molar-refractivity contribution >= 4 is 23.4 Å². The Hall–Kier alpha value is -4.13. The van der Waals surface area contributed by atoms with Gasteiger partial charge in [0, 0.05) is 18.7 Å². The molecule has 0 radical (unpaired) electrons. The Balaban J connectivity index is 1.34. The van der Waals surface area contributed by atoms with E-state index in [1.165, 1.54) is 0 Å². The van der Waals surface area contributed by atoms with Crippen LogP contribution in [-0.4, -0.2) is 41.8 Å². The van der Waals surface area contributed by atoms with E-state index in [1.54, 1.807) is 28.0 Å². The van der Waals surface area contributed by atoms with E-state index in [-0.39, 0.29) is 24.3 Å². The summed E-state index contributed by atoms with van der Waals surface area (Å²) in [6.45, 7) is 3.77. The highest BCUT2D eigenvalue weighted by molar-refractivity contribution is 6.11. The zero-order valence-corrected chi connectivity index (χ0v) is 20.3. The van der Waals surface area contributed by atoms with Gasteiger partial charge in [-0.15, -0.1) is 0 Å². The molecule has 0 aliphatic carbocycles. The smallest absolute Gasteiger partial charge is 0.256 e. The standard InChI is InChI=1S/C29H29N3O4/c1-2-36-23-11-6-8-20(17-23)18-30-27(33)22-10-5-9-21(16-22)19-32-25-13-4-3-12-24(25)28(34)31-15-7-14-26(31)29(32)35/h3-6,8-13,16-17,26H,2,7,14-15,18-19H2,1H3,(H,30,33). The fourth-order valence-electron chi connectivity index (χ4n) is 4.96. The van der Waals surface area contributed by atoms with Crippen molar-refractivity contribution in [3.05, 3.63) is 95.1 Å². The number of anilines is 1. The Labute approximate surface area is 210 Å². The molecule has 3 amide bonds. The van der Waals surface area contributed by atoms with Gasteiger partial charge in [0.25, 0.3) is 11.8 Å². The van der Waals surface area contributed by atoms with E-state index in [0.717, 1.165) is 23.3 Å². The molecule has 3 aromatic rings. The summed E-state index contributed by atoms with van der Waals surface area (Å²) in [4.78, 5) is 43.0. The molecule has 3 aromatic carbocycles. The first-order valence-corrected chi connectivity index (χ1v) is 12.4. The molecule has 184 valence electrons. The van der Waals surface area contributed by atoms with Crippen LogP contribution in [0.3, 0.4) is 0 Å². The molecular weight excluding hydrogens is 454 g/mol. The first kappa shape index (κ1) is 23.6. The molecule has 0 spiro atoms. The molecule has 0 saturated carbocycles. The van der Waals surface area contributed by atoms with Crippen LogP contribution in [0.1, 0.15) is 51.6 Å². The molecule has 0 bridgehead atoms. The zero-order valence-electron chi connectivity index (χ0n) is 20.3. The Bertz CT molecular complexity index is 1300. The topological polar surface area (TPSA) is 79.0 Å². The van der Waals surface area contributed by atoms with Crippen LogP contribution in [-0.2, 0) is 17.9 Å². The van der Waals surface area contributed by atoms with E-state index in [1.807, 2.05) is 61.5 Å². The predicted molar refractivity (Wildman–Crippen MR) is 137 cm³/mol. The first-order chi connectivity index (χ1) is 17.5. The Morgan fingerprint density at radius 2 is 1.81 bits per heavy atom. The predicted octanol–water partition coefficient (Wildman–Crippen LogP) is 4.17. The molecule has 1 N–H and O–H groups in total. The highest BCUT2D eigenvalue weighted by Crippen LogP contribution is 2.33. The van der Waals surface area contributed by atoms with Gasteiger partial charge in [-0.1, -0.05) is 36.4 Å². The second kappa shape index (κ2) is 10.2. The molecule has 7 heteroatoms. The number of ether oxygens (including phenoxy) is 1. The van der Waals surface area contributed by atoms with Crippen molar-refractivity contribution in [2.24, 2.45) is 0 Å². The van der Waals surface area contributed by atoms with Crippen molar-refractivity contribution in [3.63, 3.8) is 0 Å². The lowest BCUT2D eigenvalue weighted by Crippen LogP contribution is -2.44. The molecule has 2 heterocycles. The summed E-state index contributed by atoms with van der Waals surface area (Å²) >= 11 is 0. The van der Waals surface area contributed by atoms with Gasteiger partial charge >= 0.3 is 0 Å². The molecular formula is C29H29N3O4. The molecule has 5 rings (SSSR count). The third-order valence-electron chi connectivity index (χ3n) is 6.68. The van der Waals surface area contributed by atoms with Gasteiger partial charge < -0.3 is 19.9 Å². The zero-order chi connectivity index (χ0) is 25.1. The minimum Gasteiger partial charge on any atom is -0.494 e. The number of amides is 3. The summed E-state index contributed by atoms with van der Waals surface area (Å²) in [5.74, 6) is 0.409. The van der Waals surface area contributed by atoms with Crippen molar-refractivity contribution in [3.8, 4) is 5.75 Å². The summed E-state index contributed by atoms with van der Waals surface area (Å²) in [7, 11) is 0. The number of nitrogens with one attached hydrogen (secondary N) is 1. The maximum atomic E-state index is 13.5. The summed E-state index contributed by atoms with van der Waals surface area (Å²) in [6.07, 6.45) is 1.49. The number of rotatable bonds is 7. The molecule has 1 atom stereocenters. The summed E-state index contributed by atoms with van der Waals surface area (Å²) in [6, 6.07) is 21.8. The van der Waals surface area contributed by atoms with Crippen LogP contribution in [0.5, 0.6) is 5.75 Å². The Morgan fingerprint density at radius 3 is 2.67 bits per heavy atom. The maximum Gasteiger partial charge on any atom is 0.256 e. The van der Waals surface area contributed by atoms with Gasteiger partial charge in [0.15, 0.2) is 0 Å². The molecule has 36 heavy (non-hydrogen) atoms. The van der Waals surface area contributed by atoms with E-state index in [2.05, 4.69) is 5.32 Å². The van der Waals surface area contributed by atoms with E-state index in [4.69, 9.17) is 4.74 Å². The highest BCUT2D eigenvalue weighted by atomic mass is 16.5. The maximum absolute atomic E-state index is 13.5. The average Bonchev–Trinajstić information content (AvgIpc) is 3.38. The number of carbonyl (C=O) groups is 3. The number of benzene rings is 3. The molecule has 2 aliphatic rings. The lowest BCUT2D eigenvalue weighted by atomic mass is 10.1. The number of nitrogens with zero attached hydrogens (tertiary/aromatic N) is 2. The van der Waals surface area contributed by atoms with Crippen molar-refractivity contribution in [2.75, 3.05) is 18.1 Å². The van der Waals surface area contributed by atoms with Gasteiger partial charge in [-0.3, -0.25) is 14.4 Å². The minimum absolute atomic E-state index is 0.0742. The first-order valence-electron chi connectivity index (χ1n) is 12.4. The van der Waals surface area contributed by atoms with Crippen LogP contribution >= 0.6 is 0 Å². The third kappa shape index (κ3) is 4.69. The van der Waals surface area contributed by atoms with Crippen LogP contribution in [0, 0.1) is 0 Å². The van der Waals surface area contributed by atoms with Crippen molar-refractivity contribution in [1.29, 1.82) is 0 Å². The quantitative estimate of drug-likeness (QED) is 0.547. The fourth-order valence-corrected chi connectivity index (χ4v) is 4.96. The fraction of sp³-hybridized carbons (Fsp3) is 0.276. The molecule has 1 unspecified atom stereocenters. The summed E-state index contributed by atoms with van der Waals surface area (Å²) < 4.78 is 5.53. The van der Waals surface area contributed by atoms with Gasteiger partial charge in [-0.2, -0.15) is 0 Å². The largest absolute Gasteiger partial charge is 0.494 e. The normalized spacial score (nSPS) is 16.9. The van der Waals surface area contributed by atoms with Gasteiger partial charge in [-0.25, -0.2) is 0 Å². The van der Waals surface area contributed by atoms with E-state index >= 15 is 0 Å². The number of hydrogen-bond acceptors (Lipinski definition) is 4. The van der Waals surface area contributed by atoms with Gasteiger partial charge in [-0.05, 0) is 67.3 Å². The van der Waals surface area contributed by atoms with Gasteiger partial charge in [0.05, 0.1) is 24.4 Å². The minimum atomic E-state index is -0.441. The second-order valence-electron chi connectivity index (χ2n) is 9.06.